The molecule has 106 valence electrons. The number of esters is 2. The molecule has 0 saturated carbocycles. The minimum Gasteiger partial charge on any atom is -0.469 e. The molecule has 0 amide bonds. The van der Waals surface area contributed by atoms with Gasteiger partial charge in [-0.05, 0) is 12.0 Å². The van der Waals surface area contributed by atoms with Crippen molar-refractivity contribution in [3.05, 3.63) is 23.0 Å². The van der Waals surface area contributed by atoms with Crippen LogP contribution in [0.5, 0.6) is 0 Å². The summed E-state index contributed by atoms with van der Waals surface area (Å²) >= 11 is 0. The Morgan fingerprint density at radius 2 is 2.00 bits per heavy atom. The lowest BCUT2D eigenvalue weighted by Crippen LogP contribution is -2.15. The fourth-order valence-electron chi connectivity index (χ4n) is 1.98. The molecule has 0 radical (unpaired) electrons. The monoisotopic (exact) mass is 269 g/mol. The van der Waals surface area contributed by atoms with Gasteiger partial charge in [0.15, 0.2) is 0 Å². The van der Waals surface area contributed by atoms with Crippen molar-refractivity contribution < 1.29 is 24.2 Å². The van der Waals surface area contributed by atoms with Crippen molar-refractivity contribution in [2.75, 3.05) is 20.8 Å². The van der Waals surface area contributed by atoms with Gasteiger partial charge in [0.2, 0.25) is 0 Å². The summed E-state index contributed by atoms with van der Waals surface area (Å²) in [4.78, 5) is 23.3. The highest BCUT2D eigenvalue weighted by atomic mass is 16.5. The molecular weight excluding hydrogens is 250 g/mol. The molecule has 1 heterocycles. The molecule has 1 aromatic heterocycles. The number of aromatic nitrogens is 1. The number of carbonyl (C=O) groups excluding carboxylic acids is 2. The van der Waals surface area contributed by atoms with Crippen molar-refractivity contribution in [1.29, 1.82) is 0 Å². The minimum atomic E-state index is -0.479. The van der Waals surface area contributed by atoms with E-state index in [-0.39, 0.29) is 13.0 Å². The maximum absolute atomic E-state index is 11.9. The van der Waals surface area contributed by atoms with Gasteiger partial charge in [0, 0.05) is 18.4 Å². The van der Waals surface area contributed by atoms with Crippen LogP contribution in [0.2, 0.25) is 0 Å². The van der Waals surface area contributed by atoms with Crippen molar-refractivity contribution in [2.24, 2.45) is 0 Å². The second-order valence-corrected chi connectivity index (χ2v) is 3.99. The Bertz CT molecular complexity index is 464. The summed E-state index contributed by atoms with van der Waals surface area (Å²) in [5.41, 5.74) is 1.70. The van der Waals surface area contributed by atoms with Gasteiger partial charge in [-0.15, -0.1) is 0 Å². The van der Waals surface area contributed by atoms with Crippen molar-refractivity contribution >= 4 is 11.9 Å². The zero-order chi connectivity index (χ0) is 14.4. The largest absolute Gasteiger partial charge is 0.469 e. The van der Waals surface area contributed by atoms with Crippen LogP contribution in [0.4, 0.5) is 0 Å². The third-order valence-electron chi connectivity index (χ3n) is 2.92. The van der Waals surface area contributed by atoms with Gasteiger partial charge in [-0.25, -0.2) is 4.79 Å². The molecule has 0 unspecified atom stereocenters. The van der Waals surface area contributed by atoms with Crippen LogP contribution in [0, 0.1) is 0 Å². The van der Waals surface area contributed by atoms with Crippen molar-refractivity contribution in [2.45, 2.75) is 26.3 Å². The first-order valence-electron chi connectivity index (χ1n) is 6.05. The van der Waals surface area contributed by atoms with Crippen LogP contribution in [0.3, 0.4) is 0 Å². The number of hydrogen-bond acceptors (Lipinski definition) is 5. The fourth-order valence-corrected chi connectivity index (χ4v) is 1.98. The van der Waals surface area contributed by atoms with Gasteiger partial charge in [-0.1, -0.05) is 6.92 Å². The summed E-state index contributed by atoms with van der Waals surface area (Å²) in [5, 5.41) is 9.05. The van der Waals surface area contributed by atoms with Gasteiger partial charge in [0.05, 0.1) is 32.8 Å². The predicted octanol–water partition coefficient (Wildman–Crippen LogP) is 0.545. The minimum absolute atomic E-state index is 0.0269. The van der Waals surface area contributed by atoms with Crippen LogP contribution in [0.1, 0.15) is 28.5 Å². The van der Waals surface area contributed by atoms with Gasteiger partial charge >= 0.3 is 11.9 Å². The summed E-state index contributed by atoms with van der Waals surface area (Å²) in [5.74, 6) is -0.919. The van der Waals surface area contributed by atoms with Gasteiger partial charge in [0.1, 0.15) is 0 Å². The highest BCUT2D eigenvalue weighted by Crippen LogP contribution is 2.21. The van der Waals surface area contributed by atoms with Crippen LogP contribution in [0.25, 0.3) is 0 Å². The zero-order valence-corrected chi connectivity index (χ0v) is 11.4. The molecule has 0 fully saturated rings. The number of ether oxygens (including phenoxy) is 2. The molecule has 1 rings (SSSR count). The molecule has 0 saturated heterocycles. The molecule has 0 aliphatic rings. The van der Waals surface area contributed by atoms with E-state index in [4.69, 9.17) is 9.84 Å². The van der Waals surface area contributed by atoms with E-state index in [2.05, 4.69) is 4.74 Å². The number of hydrogen-bond donors (Lipinski definition) is 1. The number of aliphatic hydroxyl groups excluding tert-OH is 1. The number of aliphatic hydroxyl groups is 1. The average molecular weight is 269 g/mol. The van der Waals surface area contributed by atoms with Crippen molar-refractivity contribution in [3.63, 3.8) is 0 Å². The van der Waals surface area contributed by atoms with Gasteiger partial charge in [-0.3, -0.25) is 4.79 Å². The molecule has 19 heavy (non-hydrogen) atoms. The van der Waals surface area contributed by atoms with Gasteiger partial charge in [0.25, 0.3) is 0 Å². The van der Waals surface area contributed by atoms with Crippen molar-refractivity contribution in [1.82, 2.24) is 4.57 Å². The summed E-state index contributed by atoms with van der Waals surface area (Å²) in [6, 6.07) is 0. The number of methoxy groups -OCH3 is 2. The third-order valence-corrected chi connectivity index (χ3v) is 2.92. The highest BCUT2D eigenvalue weighted by Gasteiger charge is 2.23. The van der Waals surface area contributed by atoms with Crippen LogP contribution in [-0.2, 0) is 33.7 Å². The molecule has 0 aromatic carbocycles. The number of aryl methyl sites for hydroxylation is 1. The van der Waals surface area contributed by atoms with Crippen LogP contribution >= 0.6 is 0 Å². The molecule has 0 spiro atoms. The second-order valence-electron chi connectivity index (χ2n) is 3.99. The smallest absolute Gasteiger partial charge is 0.339 e. The van der Waals surface area contributed by atoms with E-state index >= 15 is 0 Å². The summed E-state index contributed by atoms with van der Waals surface area (Å²) in [7, 11) is 2.59. The molecule has 0 atom stereocenters. The van der Waals surface area contributed by atoms with Crippen LogP contribution < -0.4 is 0 Å². The van der Waals surface area contributed by atoms with Crippen LogP contribution in [-0.4, -0.2) is 42.4 Å². The molecule has 1 N–H and O–H groups in total. The first-order chi connectivity index (χ1) is 9.08. The Morgan fingerprint density at radius 1 is 1.32 bits per heavy atom. The topological polar surface area (TPSA) is 77.8 Å². The van der Waals surface area contributed by atoms with E-state index in [1.54, 1.807) is 10.8 Å². The maximum atomic E-state index is 11.9. The van der Waals surface area contributed by atoms with E-state index in [1.807, 2.05) is 6.92 Å². The van der Waals surface area contributed by atoms with Crippen LogP contribution in [0.15, 0.2) is 6.20 Å². The molecule has 0 aliphatic heterocycles. The van der Waals surface area contributed by atoms with Gasteiger partial charge in [-0.2, -0.15) is 0 Å². The number of nitrogens with zero attached hydrogens (tertiary/aromatic N) is 1. The molecular formula is C13H19NO5. The molecule has 0 bridgehead atoms. The van der Waals surface area contributed by atoms with E-state index in [0.717, 1.165) is 5.56 Å². The first kappa shape index (κ1) is 15.2. The second kappa shape index (κ2) is 6.94. The zero-order valence-electron chi connectivity index (χ0n) is 11.4. The SMILES string of the molecule is CCc1cn(CCO)c(CC(=O)OC)c1C(=O)OC. The Morgan fingerprint density at radius 3 is 2.47 bits per heavy atom. The van der Waals surface area contributed by atoms with Gasteiger partial charge < -0.3 is 19.1 Å². The van der Waals surface area contributed by atoms with E-state index in [9.17, 15) is 9.59 Å². The molecule has 6 heteroatoms. The van der Waals surface area contributed by atoms with E-state index in [1.165, 1.54) is 14.2 Å². The first-order valence-corrected chi connectivity index (χ1v) is 6.05. The quantitative estimate of drug-likeness (QED) is 0.763. The Labute approximate surface area is 111 Å². The van der Waals surface area contributed by atoms with Crippen molar-refractivity contribution in [3.8, 4) is 0 Å². The lowest BCUT2D eigenvalue weighted by Gasteiger charge is -2.08. The number of carbonyl (C=O) groups is 2. The predicted molar refractivity (Wildman–Crippen MR) is 68.0 cm³/mol. The lowest BCUT2D eigenvalue weighted by atomic mass is 10.1. The maximum Gasteiger partial charge on any atom is 0.339 e. The Kier molecular flexibility index (Phi) is 5.57. The van der Waals surface area contributed by atoms with E-state index in [0.29, 0.717) is 24.2 Å². The summed E-state index contributed by atoms with van der Waals surface area (Å²) in [6.45, 7) is 2.15. The Balaban J connectivity index is 3.29. The molecule has 6 nitrogen and oxygen atoms in total. The average Bonchev–Trinajstić information content (AvgIpc) is 2.76. The normalized spacial score (nSPS) is 10.3. The van der Waals surface area contributed by atoms with E-state index < -0.39 is 11.9 Å². The lowest BCUT2D eigenvalue weighted by molar-refractivity contribution is -0.139. The fraction of sp³-hybridized carbons (Fsp3) is 0.538. The Hall–Kier alpha value is -1.82. The third kappa shape index (κ3) is 3.35. The highest BCUT2D eigenvalue weighted by molar-refractivity contribution is 5.94. The molecule has 0 aliphatic carbocycles. The number of rotatable bonds is 6. The summed E-state index contributed by atoms with van der Waals surface area (Å²) in [6.07, 6.45) is 2.37. The standard InChI is InChI=1S/C13H19NO5/c1-4-9-8-14(5-6-15)10(7-11(16)18-2)12(9)13(17)19-3/h8,15H,4-7H2,1-3H3. The summed E-state index contributed by atoms with van der Waals surface area (Å²) < 4.78 is 11.1. The molecule has 1 aromatic rings.